The molecule has 5 nitrogen and oxygen atoms in total. The molecule has 66 valence electrons. The normalized spacial score (nSPS) is 9.83. The number of carbonyl (C=O) groups is 1. The average molecular weight is 168 g/mol. The maximum absolute atomic E-state index is 11.3. The Morgan fingerprint density at radius 2 is 2.50 bits per heavy atom. The smallest absolute Gasteiger partial charge is 0.269 e. The highest BCUT2D eigenvalue weighted by Crippen LogP contribution is 2.03. The lowest BCUT2D eigenvalue weighted by atomic mass is 10.4. The van der Waals surface area contributed by atoms with E-state index in [1.807, 2.05) is 6.92 Å². The highest BCUT2D eigenvalue weighted by Gasteiger charge is 2.09. The molecule has 0 unspecified atom stereocenters. The summed E-state index contributed by atoms with van der Waals surface area (Å²) in [5, 5.41) is 6.51. The summed E-state index contributed by atoms with van der Waals surface area (Å²) in [5.41, 5.74) is 5.88. The molecule has 0 aromatic carbocycles. The summed E-state index contributed by atoms with van der Waals surface area (Å²) in [6.07, 6.45) is 0. The number of nitrogen functional groups attached to an aromatic ring is 1. The van der Waals surface area contributed by atoms with Crippen molar-refractivity contribution in [3.63, 3.8) is 0 Å². The van der Waals surface area contributed by atoms with Gasteiger partial charge in [-0.15, -0.1) is 0 Å². The van der Waals surface area contributed by atoms with Crippen LogP contribution in [-0.4, -0.2) is 22.2 Å². The third-order valence-electron chi connectivity index (χ3n) is 1.47. The number of anilines is 1. The van der Waals surface area contributed by atoms with Crippen molar-refractivity contribution in [2.75, 3.05) is 12.3 Å². The van der Waals surface area contributed by atoms with E-state index in [0.717, 1.165) is 0 Å². The van der Waals surface area contributed by atoms with Gasteiger partial charge in [0, 0.05) is 19.7 Å². The molecular formula is C7H12N4O. The molecule has 1 aromatic rings. The molecule has 1 rings (SSSR count). The number of carbonyl (C=O) groups excluding carboxylic acids is 1. The molecule has 0 atom stereocenters. The van der Waals surface area contributed by atoms with Gasteiger partial charge in [0.15, 0.2) is 0 Å². The fourth-order valence-corrected chi connectivity index (χ4v) is 0.953. The lowest BCUT2D eigenvalue weighted by molar-refractivity contribution is 0.0946. The Labute approximate surface area is 70.5 Å². The number of hydrogen-bond acceptors (Lipinski definition) is 3. The van der Waals surface area contributed by atoms with E-state index in [1.165, 1.54) is 4.68 Å². The fourth-order valence-electron chi connectivity index (χ4n) is 0.953. The van der Waals surface area contributed by atoms with Gasteiger partial charge in [-0.2, -0.15) is 5.10 Å². The quantitative estimate of drug-likeness (QED) is 0.639. The first-order valence-electron chi connectivity index (χ1n) is 3.73. The lowest BCUT2D eigenvalue weighted by Crippen LogP contribution is -2.24. The zero-order valence-electron chi connectivity index (χ0n) is 7.16. The Morgan fingerprint density at radius 3 is 2.92 bits per heavy atom. The number of rotatable bonds is 2. The van der Waals surface area contributed by atoms with Gasteiger partial charge in [-0.3, -0.25) is 9.48 Å². The van der Waals surface area contributed by atoms with Crippen LogP contribution >= 0.6 is 0 Å². The number of nitrogens with one attached hydrogen (secondary N) is 1. The molecule has 12 heavy (non-hydrogen) atoms. The van der Waals surface area contributed by atoms with Crippen molar-refractivity contribution in [2.45, 2.75) is 6.92 Å². The molecule has 0 radical (unpaired) electrons. The van der Waals surface area contributed by atoms with Crippen LogP contribution in [0.1, 0.15) is 17.4 Å². The van der Waals surface area contributed by atoms with Crippen molar-refractivity contribution >= 4 is 11.7 Å². The van der Waals surface area contributed by atoms with E-state index in [-0.39, 0.29) is 5.91 Å². The molecule has 1 heterocycles. The van der Waals surface area contributed by atoms with Crippen LogP contribution in [0, 0.1) is 0 Å². The van der Waals surface area contributed by atoms with Gasteiger partial charge in [-0.25, -0.2) is 0 Å². The Hall–Kier alpha value is -1.52. The number of aryl methyl sites for hydroxylation is 1. The number of amides is 1. The van der Waals surface area contributed by atoms with Crippen LogP contribution < -0.4 is 11.1 Å². The van der Waals surface area contributed by atoms with Crippen LogP contribution in [0.25, 0.3) is 0 Å². The van der Waals surface area contributed by atoms with E-state index in [1.54, 1.807) is 13.1 Å². The third kappa shape index (κ3) is 1.55. The Morgan fingerprint density at radius 1 is 1.83 bits per heavy atom. The van der Waals surface area contributed by atoms with Crippen LogP contribution in [0.3, 0.4) is 0 Å². The summed E-state index contributed by atoms with van der Waals surface area (Å²) in [5.74, 6) is 0.211. The first-order valence-corrected chi connectivity index (χ1v) is 3.73. The SMILES string of the molecule is CCNC(=O)c1cc(N)nn1C. The van der Waals surface area contributed by atoms with Crippen molar-refractivity contribution in [3.8, 4) is 0 Å². The highest BCUT2D eigenvalue weighted by atomic mass is 16.2. The summed E-state index contributed by atoms with van der Waals surface area (Å²) in [7, 11) is 1.68. The molecule has 0 saturated carbocycles. The average Bonchev–Trinajstić information content (AvgIpc) is 2.30. The topological polar surface area (TPSA) is 72.9 Å². The minimum absolute atomic E-state index is 0.149. The second-order valence-electron chi connectivity index (χ2n) is 2.44. The van der Waals surface area contributed by atoms with Crippen LogP contribution in [0.15, 0.2) is 6.07 Å². The van der Waals surface area contributed by atoms with Gasteiger partial charge >= 0.3 is 0 Å². The summed E-state index contributed by atoms with van der Waals surface area (Å²) in [6.45, 7) is 2.46. The summed E-state index contributed by atoms with van der Waals surface area (Å²) in [4.78, 5) is 11.3. The Kier molecular flexibility index (Phi) is 2.32. The Balaban J connectivity index is 2.87. The molecule has 0 aliphatic rings. The van der Waals surface area contributed by atoms with Crippen molar-refractivity contribution < 1.29 is 4.79 Å². The van der Waals surface area contributed by atoms with Crippen molar-refractivity contribution in [3.05, 3.63) is 11.8 Å². The summed E-state index contributed by atoms with van der Waals surface area (Å²) < 4.78 is 1.46. The molecule has 3 N–H and O–H groups in total. The van der Waals surface area contributed by atoms with Crippen molar-refractivity contribution in [1.82, 2.24) is 15.1 Å². The van der Waals surface area contributed by atoms with Crippen LogP contribution in [0.2, 0.25) is 0 Å². The minimum Gasteiger partial charge on any atom is -0.382 e. The maximum atomic E-state index is 11.3. The van der Waals surface area contributed by atoms with Crippen LogP contribution in [-0.2, 0) is 7.05 Å². The van der Waals surface area contributed by atoms with Crippen LogP contribution in [0.5, 0.6) is 0 Å². The predicted octanol–water partition coefficient (Wildman–Crippen LogP) is -0.248. The molecule has 0 spiro atoms. The molecule has 0 saturated heterocycles. The predicted molar refractivity (Wildman–Crippen MR) is 45.6 cm³/mol. The molecular weight excluding hydrogens is 156 g/mol. The van der Waals surface area contributed by atoms with Gasteiger partial charge in [-0.1, -0.05) is 0 Å². The minimum atomic E-state index is -0.149. The summed E-state index contributed by atoms with van der Waals surface area (Å²) in [6, 6.07) is 1.55. The summed E-state index contributed by atoms with van der Waals surface area (Å²) >= 11 is 0. The third-order valence-corrected chi connectivity index (χ3v) is 1.47. The van der Waals surface area contributed by atoms with E-state index in [0.29, 0.717) is 18.1 Å². The van der Waals surface area contributed by atoms with Gasteiger partial charge in [0.1, 0.15) is 11.5 Å². The molecule has 0 bridgehead atoms. The molecule has 0 fully saturated rings. The van der Waals surface area contributed by atoms with Gasteiger partial charge in [0.25, 0.3) is 5.91 Å². The van der Waals surface area contributed by atoms with E-state index < -0.39 is 0 Å². The molecule has 0 aliphatic heterocycles. The van der Waals surface area contributed by atoms with Gasteiger partial charge in [0.05, 0.1) is 0 Å². The fraction of sp³-hybridized carbons (Fsp3) is 0.429. The second-order valence-corrected chi connectivity index (χ2v) is 2.44. The van der Waals surface area contributed by atoms with E-state index >= 15 is 0 Å². The van der Waals surface area contributed by atoms with Gasteiger partial charge in [-0.05, 0) is 6.92 Å². The monoisotopic (exact) mass is 168 g/mol. The number of hydrogen-bond donors (Lipinski definition) is 2. The van der Waals surface area contributed by atoms with E-state index in [4.69, 9.17) is 5.73 Å². The lowest BCUT2D eigenvalue weighted by Gasteiger charge is -2.00. The standard InChI is InChI=1S/C7H12N4O/c1-3-9-7(12)5-4-6(8)10-11(5)2/h4H,3H2,1-2H3,(H2,8,10)(H,9,12). The molecule has 5 heteroatoms. The second kappa shape index (κ2) is 3.25. The Bertz CT molecular complexity index is 292. The molecule has 1 amide bonds. The zero-order valence-corrected chi connectivity index (χ0v) is 7.16. The maximum Gasteiger partial charge on any atom is 0.269 e. The highest BCUT2D eigenvalue weighted by molar-refractivity contribution is 5.93. The van der Waals surface area contributed by atoms with Gasteiger partial charge in [0.2, 0.25) is 0 Å². The zero-order chi connectivity index (χ0) is 9.14. The number of nitrogens with zero attached hydrogens (tertiary/aromatic N) is 2. The number of aromatic nitrogens is 2. The van der Waals surface area contributed by atoms with E-state index in [9.17, 15) is 4.79 Å². The van der Waals surface area contributed by atoms with Gasteiger partial charge < -0.3 is 11.1 Å². The van der Waals surface area contributed by atoms with Crippen molar-refractivity contribution in [1.29, 1.82) is 0 Å². The number of nitrogens with two attached hydrogens (primary N) is 1. The van der Waals surface area contributed by atoms with E-state index in [2.05, 4.69) is 10.4 Å². The molecule has 1 aromatic heterocycles. The largest absolute Gasteiger partial charge is 0.382 e. The molecule has 0 aliphatic carbocycles. The van der Waals surface area contributed by atoms with Crippen LogP contribution in [0.4, 0.5) is 5.82 Å². The van der Waals surface area contributed by atoms with Crippen molar-refractivity contribution in [2.24, 2.45) is 7.05 Å². The first kappa shape index (κ1) is 8.58. The first-order chi connectivity index (χ1) is 5.65.